The number of aromatic nitrogens is 1. The SMILES string of the molecule is CC(C)(CCNC(=O)c1cncc2ccccc12)C(=O)O. The van der Waals surface area contributed by atoms with Gasteiger partial charge in [-0.3, -0.25) is 14.6 Å². The number of amides is 1. The van der Waals surface area contributed by atoms with Crippen molar-refractivity contribution in [3.63, 3.8) is 0 Å². The number of nitrogens with zero attached hydrogens (tertiary/aromatic N) is 1. The topological polar surface area (TPSA) is 79.3 Å². The fraction of sp³-hybridized carbons (Fsp3) is 0.312. The Morgan fingerprint density at radius 3 is 2.67 bits per heavy atom. The highest BCUT2D eigenvalue weighted by atomic mass is 16.4. The average molecular weight is 286 g/mol. The van der Waals surface area contributed by atoms with Gasteiger partial charge in [0, 0.05) is 24.3 Å². The number of carboxylic acids is 1. The number of rotatable bonds is 5. The van der Waals surface area contributed by atoms with Crippen LogP contribution in [0.1, 0.15) is 30.6 Å². The smallest absolute Gasteiger partial charge is 0.309 e. The number of pyridine rings is 1. The number of carbonyl (C=O) groups excluding carboxylic acids is 1. The van der Waals surface area contributed by atoms with Crippen LogP contribution in [-0.4, -0.2) is 28.5 Å². The second-order valence-corrected chi connectivity index (χ2v) is 5.60. The molecule has 0 fully saturated rings. The summed E-state index contributed by atoms with van der Waals surface area (Å²) >= 11 is 0. The standard InChI is InChI=1S/C16H18N2O3/c1-16(2,15(20)21)7-8-18-14(19)13-10-17-9-11-5-3-4-6-12(11)13/h3-6,9-10H,7-8H2,1-2H3,(H,18,19)(H,20,21). The van der Waals surface area contributed by atoms with E-state index in [1.807, 2.05) is 24.3 Å². The Morgan fingerprint density at radius 1 is 1.24 bits per heavy atom. The quantitative estimate of drug-likeness (QED) is 0.885. The molecule has 110 valence electrons. The van der Waals surface area contributed by atoms with Gasteiger partial charge in [0.05, 0.1) is 11.0 Å². The van der Waals surface area contributed by atoms with E-state index in [0.717, 1.165) is 10.8 Å². The van der Waals surface area contributed by atoms with Crippen LogP contribution in [0.3, 0.4) is 0 Å². The van der Waals surface area contributed by atoms with Gasteiger partial charge in [-0.05, 0) is 25.7 Å². The zero-order valence-electron chi connectivity index (χ0n) is 12.1. The summed E-state index contributed by atoms with van der Waals surface area (Å²) in [5.41, 5.74) is -0.356. The Morgan fingerprint density at radius 2 is 1.95 bits per heavy atom. The van der Waals surface area contributed by atoms with Gasteiger partial charge < -0.3 is 10.4 Å². The van der Waals surface area contributed by atoms with E-state index in [4.69, 9.17) is 5.11 Å². The van der Waals surface area contributed by atoms with Crippen molar-refractivity contribution in [1.82, 2.24) is 10.3 Å². The monoisotopic (exact) mass is 286 g/mol. The number of hydrogen-bond donors (Lipinski definition) is 2. The van der Waals surface area contributed by atoms with E-state index in [0.29, 0.717) is 18.5 Å². The maximum Gasteiger partial charge on any atom is 0.309 e. The number of fused-ring (bicyclic) bond motifs is 1. The van der Waals surface area contributed by atoms with Gasteiger partial charge in [0.25, 0.3) is 5.91 Å². The molecule has 0 radical (unpaired) electrons. The van der Waals surface area contributed by atoms with Crippen molar-refractivity contribution in [2.75, 3.05) is 6.54 Å². The molecule has 21 heavy (non-hydrogen) atoms. The molecule has 2 rings (SSSR count). The fourth-order valence-corrected chi connectivity index (χ4v) is 1.99. The van der Waals surface area contributed by atoms with Crippen LogP contribution in [0.2, 0.25) is 0 Å². The Kier molecular flexibility index (Phi) is 4.21. The lowest BCUT2D eigenvalue weighted by atomic mass is 9.89. The fourth-order valence-electron chi connectivity index (χ4n) is 1.99. The molecule has 1 heterocycles. The summed E-state index contributed by atoms with van der Waals surface area (Å²) in [7, 11) is 0. The highest BCUT2D eigenvalue weighted by Crippen LogP contribution is 2.20. The summed E-state index contributed by atoms with van der Waals surface area (Å²) in [5.74, 6) is -1.11. The van der Waals surface area contributed by atoms with Gasteiger partial charge in [0.1, 0.15) is 0 Å². The normalized spacial score (nSPS) is 11.3. The predicted molar refractivity (Wildman–Crippen MR) is 80.1 cm³/mol. The third-order valence-corrected chi connectivity index (χ3v) is 3.53. The summed E-state index contributed by atoms with van der Waals surface area (Å²) in [6.07, 6.45) is 3.60. The van der Waals surface area contributed by atoms with Crippen LogP contribution in [-0.2, 0) is 4.79 Å². The molecule has 1 aromatic carbocycles. The first kappa shape index (κ1) is 15.0. The van der Waals surface area contributed by atoms with Crippen LogP contribution in [0, 0.1) is 5.41 Å². The Balaban J connectivity index is 2.08. The van der Waals surface area contributed by atoms with E-state index < -0.39 is 11.4 Å². The molecule has 0 bridgehead atoms. The zero-order chi connectivity index (χ0) is 15.5. The molecule has 1 amide bonds. The molecule has 0 unspecified atom stereocenters. The van der Waals surface area contributed by atoms with Crippen molar-refractivity contribution in [3.8, 4) is 0 Å². The maximum absolute atomic E-state index is 12.2. The molecule has 0 spiro atoms. The summed E-state index contributed by atoms with van der Waals surface area (Å²) < 4.78 is 0. The summed E-state index contributed by atoms with van der Waals surface area (Å²) in [6, 6.07) is 7.52. The van der Waals surface area contributed by atoms with Gasteiger partial charge in [-0.1, -0.05) is 24.3 Å². The van der Waals surface area contributed by atoms with Crippen molar-refractivity contribution >= 4 is 22.6 Å². The van der Waals surface area contributed by atoms with Gasteiger partial charge in [-0.15, -0.1) is 0 Å². The molecule has 0 aliphatic heterocycles. The lowest BCUT2D eigenvalue weighted by molar-refractivity contribution is -0.147. The average Bonchev–Trinajstić information content (AvgIpc) is 2.46. The minimum absolute atomic E-state index is 0.236. The Labute approximate surface area is 123 Å². The lowest BCUT2D eigenvalue weighted by Crippen LogP contribution is -2.32. The molecule has 2 aromatic rings. The summed E-state index contributed by atoms with van der Waals surface area (Å²) in [6.45, 7) is 3.59. The van der Waals surface area contributed by atoms with Gasteiger partial charge in [-0.2, -0.15) is 0 Å². The molecule has 2 N–H and O–H groups in total. The second kappa shape index (κ2) is 5.91. The van der Waals surface area contributed by atoms with Crippen molar-refractivity contribution < 1.29 is 14.7 Å². The molecule has 1 aromatic heterocycles. The Bertz CT molecular complexity index is 675. The Hall–Kier alpha value is -2.43. The number of nitrogens with one attached hydrogen (secondary N) is 1. The first-order chi connectivity index (χ1) is 9.92. The molecule has 0 atom stereocenters. The van der Waals surface area contributed by atoms with Crippen molar-refractivity contribution in [2.24, 2.45) is 5.41 Å². The molecular formula is C16H18N2O3. The third kappa shape index (κ3) is 3.37. The number of benzene rings is 1. The van der Waals surface area contributed by atoms with E-state index in [1.165, 1.54) is 6.20 Å². The van der Waals surface area contributed by atoms with Gasteiger partial charge in [-0.25, -0.2) is 0 Å². The van der Waals surface area contributed by atoms with Crippen LogP contribution >= 0.6 is 0 Å². The van der Waals surface area contributed by atoms with E-state index in [2.05, 4.69) is 10.3 Å². The first-order valence-electron chi connectivity index (χ1n) is 6.76. The van der Waals surface area contributed by atoms with Crippen molar-refractivity contribution in [2.45, 2.75) is 20.3 Å². The van der Waals surface area contributed by atoms with Crippen LogP contribution in [0.25, 0.3) is 10.8 Å². The minimum Gasteiger partial charge on any atom is -0.481 e. The van der Waals surface area contributed by atoms with E-state index in [1.54, 1.807) is 20.0 Å². The van der Waals surface area contributed by atoms with Crippen LogP contribution in [0.4, 0.5) is 0 Å². The highest BCUT2D eigenvalue weighted by molar-refractivity contribution is 6.06. The van der Waals surface area contributed by atoms with Crippen LogP contribution in [0.5, 0.6) is 0 Å². The highest BCUT2D eigenvalue weighted by Gasteiger charge is 2.26. The molecular weight excluding hydrogens is 268 g/mol. The molecule has 5 heteroatoms. The molecule has 5 nitrogen and oxygen atoms in total. The minimum atomic E-state index is -0.872. The van der Waals surface area contributed by atoms with Gasteiger partial charge in [0.15, 0.2) is 0 Å². The number of carbonyl (C=O) groups is 2. The van der Waals surface area contributed by atoms with Crippen LogP contribution < -0.4 is 5.32 Å². The van der Waals surface area contributed by atoms with Gasteiger partial charge >= 0.3 is 5.97 Å². The van der Waals surface area contributed by atoms with E-state index in [9.17, 15) is 9.59 Å². The lowest BCUT2D eigenvalue weighted by Gasteiger charge is -2.19. The first-order valence-corrected chi connectivity index (χ1v) is 6.76. The maximum atomic E-state index is 12.2. The third-order valence-electron chi connectivity index (χ3n) is 3.53. The molecule has 0 saturated heterocycles. The predicted octanol–water partition coefficient (Wildman–Crippen LogP) is 2.47. The van der Waals surface area contributed by atoms with Gasteiger partial charge in [0.2, 0.25) is 0 Å². The van der Waals surface area contributed by atoms with Crippen molar-refractivity contribution in [1.29, 1.82) is 0 Å². The second-order valence-electron chi connectivity index (χ2n) is 5.60. The van der Waals surface area contributed by atoms with E-state index in [-0.39, 0.29) is 5.91 Å². The molecule has 0 aliphatic carbocycles. The van der Waals surface area contributed by atoms with Crippen LogP contribution in [0.15, 0.2) is 36.7 Å². The number of carboxylic acid groups (broad SMARTS) is 1. The zero-order valence-corrected chi connectivity index (χ0v) is 12.1. The number of hydrogen-bond acceptors (Lipinski definition) is 3. The van der Waals surface area contributed by atoms with E-state index >= 15 is 0 Å². The molecule has 0 saturated carbocycles. The van der Waals surface area contributed by atoms with Crippen molar-refractivity contribution in [3.05, 3.63) is 42.2 Å². The summed E-state index contributed by atoms with van der Waals surface area (Å²) in [4.78, 5) is 27.3. The summed E-state index contributed by atoms with van der Waals surface area (Å²) in [5, 5.41) is 13.5. The molecule has 0 aliphatic rings. The number of aliphatic carboxylic acids is 1. The largest absolute Gasteiger partial charge is 0.481 e.